The molecule has 0 aliphatic rings. The maximum Gasteiger partial charge on any atom is 0.242 e. The predicted molar refractivity (Wildman–Crippen MR) is 86.0 cm³/mol. The van der Waals surface area contributed by atoms with Crippen molar-refractivity contribution in [3.63, 3.8) is 0 Å². The number of aromatic nitrogens is 3. The molecule has 0 aliphatic heterocycles. The Morgan fingerprint density at radius 3 is 2.52 bits per heavy atom. The molecular weight excluding hydrogens is 312 g/mol. The summed E-state index contributed by atoms with van der Waals surface area (Å²) in [6.45, 7) is 0.812. The molecule has 0 atom stereocenters. The molecule has 1 N–H and O–H groups in total. The highest BCUT2D eigenvalue weighted by Crippen LogP contribution is 2.12. The lowest BCUT2D eigenvalue weighted by Crippen LogP contribution is -2.24. The lowest BCUT2D eigenvalue weighted by molar-refractivity contribution is 0.580. The van der Waals surface area contributed by atoms with Crippen LogP contribution in [0, 0.1) is 0 Å². The van der Waals surface area contributed by atoms with E-state index in [9.17, 15) is 8.42 Å². The van der Waals surface area contributed by atoms with Crippen LogP contribution in [-0.4, -0.2) is 23.2 Å². The lowest BCUT2D eigenvalue weighted by Gasteiger charge is -2.11. The first kappa shape index (κ1) is 15.4. The Bertz CT molecular complexity index is 862. The van der Waals surface area contributed by atoms with Gasteiger partial charge in [0.25, 0.3) is 0 Å². The van der Waals surface area contributed by atoms with Crippen molar-refractivity contribution in [3.8, 4) is 0 Å². The number of hydrogen-bond donors (Lipinski definition) is 1. The summed E-state index contributed by atoms with van der Waals surface area (Å²) in [5.41, 5.74) is 1.93. The molecule has 6 nitrogen and oxygen atoms in total. The molecule has 2 heterocycles. The first-order valence-corrected chi connectivity index (χ1v) is 8.57. The number of nitrogens with zero attached hydrogens (tertiary/aromatic N) is 3. The molecule has 3 rings (SSSR count). The summed E-state index contributed by atoms with van der Waals surface area (Å²) in [6.07, 6.45) is 6.46. The van der Waals surface area contributed by atoms with E-state index in [1.807, 2.05) is 36.5 Å². The van der Waals surface area contributed by atoms with Crippen LogP contribution in [0.4, 0.5) is 0 Å². The van der Waals surface area contributed by atoms with Gasteiger partial charge < -0.3 is 0 Å². The van der Waals surface area contributed by atoms with Crippen LogP contribution in [0.5, 0.6) is 0 Å². The zero-order chi connectivity index (χ0) is 16.1. The number of benzene rings is 1. The monoisotopic (exact) mass is 328 g/mol. The first-order valence-electron chi connectivity index (χ1n) is 7.09. The fraction of sp³-hybridized carbons (Fsp3) is 0.125. The minimum absolute atomic E-state index is 0.157. The maximum atomic E-state index is 12.3. The minimum Gasteiger partial charge on any atom is -0.268 e. The predicted octanol–water partition coefficient (Wildman–Crippen LogP) is 1.80. The molecule has 0 fully saturated rings. The normalized spacial score (nSPS) is 11.5. The van der Waals surface area contributed by atoms with Gasteiger partial charge in [-0.1, -0.05) is 24.3 Å². The van der Waals surface area contributed by atoms with E-state index in [4.69, 9.17) is 0 Å². The molecule has 1 aromatic carbocycles. The molecule has 0 saturated carbocycles. The molecule has 0 radical (unpaired) electrons. The maximum absolute atomic E-state index is 12.3. The summed E-state index contributed by atoms with van der Waals surface area (Å²) in [5, 5.41) is 4.18. The van der Waals surface area contributed by atoms with Crippen molar-refractivity contribution in [2.24, 2.45) is 0 Å². The Balaban J connectivity index is 1.76. The van der Waals surface area contributed by atoms with Gasteiger partial charge in [0.05, 0.1) is 6.54 Å². The number of hydrogen-bond acceptors (Lipinski definition) is 4. The van der Waals surface area contributed by atoms with Crippen LogP contribution < -0.4 is 4.72 Å². The van der Waals surface area contributed by atoms with E-state index in [0.717, 1.165) is 11.1 Å². The standard InChI is InChI=1S/C16H16N4O2S/c21-23(22,16-7-3-8-17-12-16)19-11-14-5-1-2-6-15(14)13-20-10-4-9-18-20/h1-10,12,19H,11,13H2. The van der Waals surface area contributed by atoms with Gasteiger partial charge in [-0.3, -0.25) is 9.67 Å². The zero-order valence-corrected chi connectivity index (χ0v) is 13.1. The largest absolute Gasteiger partial charge is 0.268 e. The molecule has 0 bridgehead atoms. The van der Waals surface area contributed by atoms with Crippen molar-refractivity contribution in [2.75, 3.05) is 0 Å². The first-order chi connectivity index (χ1) is 11.1. The summed E-state index contributed by atoms with van der Waals surface area (Å²) in [6, 6.07) is 12.7. The average molecular weight is 328 g/mol. The molecule has 0 spiro atoms. The van der Waals surface area contributed by atoms with Crippen LogP contribution in [0.2, 0.25) is 0 Å². The average Bonchev–Trinajstić information content (AvgIpc) is 3.08. The Morgan fingerprint density at radius 2 is 1.83 bits per heavy atom. The second-order valence-corrected chi connectivity index (χ2v) is 6.75. The van der Waals surface area contributed by atoms with E-state index in [1.54, 1.807) is 23.1 Å². The molecule has 0 amide bonds. The zero-order valence-electron chi connectivity index (χ0n) is 12.3. The molecule has 118 valence electrons. The van der Waals surface area contributed by atoms with Gasteiger partial charge in [0.1, 0.15) is 4.90 Å². The van der Waals surface area contributed by atoms with Gasteiger partial charge in [-0.25, -0.2) is 13.1 Å². The summed E-state index contributed by atoms with van der Waals surface area (Å²) < 4.78 is 28.9. The molecule has 0 saturated heterocycles. The Kier molecular flexibility index (Phi) is 4.50. The van der Waals surface area contributed by atoms with Gasteiger partial charge in [0.15, 0.2) is 0 Å². The molecule has 2 aromatic heterocycles. The number of nitrogens with one attached hydrogen (secondary N) is 1. The SMILES string of the molecule is O=S(=O)(NCc1ccccc1Cn1cccn1)c1cccnc1. The molecule has 0 unspecified atom stereocenters. The second-order valence-electron chi connectivity index (χ2n) is 4.99. The summed E-state index contributed by atoms with van der Waals surface area (Å²) in [4.78, 5) is 4.00. The van der Waals surface area contributed by atoms with Gasteiger partial charge in [-0.2, -0.15) is 5.10 Å². The van der Waals surface area contributed by atoms with E-state index in [0.29, 0.717) is 6.54 Å². The van der Waals surface area contributed by atoms with Gasteiger partial charge in [-0.05, 0) is 29.3 Å². The summed E-state index contributed by atoms with van der Waals surface area (Å²) in [7, 11) is -3.57. The third-order valence-corrected chi connectivity index (χ3v) is 4.79. The topological polar surface area (TPSA) is 76.9 Å². The number of rotatable bonds is 6. The highest BCUT2D eigenvalue weighted by Gasteiger charge is 2.14. The summed E-state index contributed by atoms with van der Waals surface area (Å²) >= 11 is 0. The van der Waals surface area contributed by atoms with Crippen molar-refractivity contribution in [1.29, 1.82) is 0 Å². The third kappa shape index (κ3) is 3.82. The molecule has 3 aromatic rings. The highest BCUT2D eigenvalue weighted by atomic mass is 32.2. The molecule has 23 heavy (non-hydrogen) atoms. The Labute approximate surface area is 134 Å². The fourth-order valence-electron chi connectivity index (χ4n) is 2.21. The van der Waals surface area contributed by atoms with E-state index in [1.165, 1.54) is 12.3 Å². The van der Waals surface area contributed by atoms with E-state index < -0.39 is 10.0 Å². The Hall–Kier alpha value is -2.51. The van der Waals surface area contributed by atoms with Crippen LogP contribution in [0.3, 0.4) is 0 Å². The van der Waals surface area contributed by atoms with Crippen molar-refractivity contribution in [1.82, 2.24) is 19.5 Å². The van der Waals surface area contributed by atoms with Gasteiger partial charge in [0, 0.05) is 31.3 Å². The summed E-state index contributed by atoms with van der Waals surface area (Å²) in [5.74, 6) is 0. The van der Waals surface area contributed by atoms with Crippen LogP contribution in [0.25, 0.3) is 0 Å². The smallest absolute Gasteiger partial charge is 0.242 e. The van der Waals surface area contributed by atoms with Crippen LogP contribution in [0.1, 0.15) is 11.1 Å². The van der Waals surface area contributed by atoms with Gasteiger partial charge in [-0.15, -0.1) is 0 Å². The fourth-order valence-corrected chi connectivity index (χ4v) is 3.18. The van der Waals surface area contributed by atoms with Crippen molar-refractivity contribution >= 4 is 10.0 Å². The second kappa shape index (κ2) is 6.72. The van der Waals surface area contributed by atoms with Gasteiger partial charge in [0.2, 0.25) is 10.0 Å². The lowest BCUT2D eigenvalue weighted by atomic mass is 10.1. The number of pyridine rings is 1. The molecule has 0 aliphatic carbocycles. The van der Waals surface area contributed by atoms with Crippen molar-refractivity contribution < 1.29 is 8.42 Å². The molecule has 7 heteroatoms. The van der Waals surface area contributed by atoms with Crippen molar-refractivity contribution in [2.45, 2.75) is 18.0 Å². The third-order valence-electron chi connectivity index (χ3n) is 3.41. The van der Waals surface area contributed by atoms with E-state index in [-0.39, 0.29) is 11.4 Å². The van der Waals surface area contributed by atoms with E-state index in [2.05, 4.69) is 14.8 Å². The quantitative estimate of drug-likeness (QED) is 0.748. The Morgan fingerprint density at radius 1 is 1.00 bits per heavy atom. The number of sulfonamides is 1. The highest BCUT2D eigenvalue weighted by molar-refractivity contribution is 7.89. The van der Waals surface area contributed by atoms with Gasteiger partial charge >= 0.3 is 0 Å². The van der Waals surface area contributed by atoms with Crippen LogP contribution in [-0.2, 0) is 23.1 Å². The minimum atomic E-state index is -3.57. The van der Waals surface area contributed by atoms with Crippen LogP contribution in [0.15, 0.2) is 72.1 Å². The van der Waals surface area contributed by atoms with Crippen molar-refractivity contribution in [3.05, 3.63) is 78.4 Å². The van der Waals surface area contributed by atoms with Crippen LogP contribution >= 0.6 is 0 Å². The van der Waals surface area contributed by atoms with E-state index >= 15 is 0 Å². The molecular formula is C16H16N4O2S.